The van der Waals surface area contributed by atoms with Crippen molar-refractivity contribution in [3.8, 4) is 5.75 Å². The molecule has 1 unspecified atom stereocenters. The van der Waals surface area contributed by atoms with Crippen LogP contribution in [-0.4, -0.2) is 51.0 Å². The van der Waals surface area contributed by atoms with Gasteiger partial charge in [-0.1, -0.05) is 31.9 Å². The standard InChI is InChI=1S/C22H36N2O5S.2ClH/c1-2-3-16-30(27,28)24-21(22(25)26)17-19-7-9-20(10-8-19)29-15-5-4-6-18-11-13-23-14-12-18;;/h7-10,18,21,23-24H,2-6,11-17H2,1H3,(H,25,26);2*1H. The number of benzene rings is 1. The molecule has 186 valence electrons. The second kappa shape index (κ2) is 16.5. The first-order valence-electron chi connectivity index (χ1n) is 11.0. The van der Waals surface area contributed by atoms with Crippen LogP contribution in [0.5, 0.6) is 5.75 Å². The Morgan fingerprint density at radius 2 is 1.81 bits per heavy atom. The molecular formula is C22H38Cl2N2O5S. The Bertz CT molecular complexity index is 741. The van der Waals surface area contributed by atoms with Gasteiger partial charge < -0.3 is 15.2 Å². The minimum Gasteiger partial charge on any atom is -0.494 e. The van der Waals surface area contributed by atoms with E-state index in [1.165, 1.54) is 25.7 Å². The number of aliphatic carboxylic acids is 1. The molecule has 0 saturated carbocycles. The summed E-state index contributed by atoms with van der Waals surface area (Å²) in [5, 5.41) is 12.8. The number of carboxylic acid groups (broad SMARTS) is 1. The topological polar surface area (TPSA) is 105 Å². The maximum absolute atomic E-state index is 12.0. The number of hydrogen-bond acceptors (Lipinski definition) is 5. The largest absolute Gasteiger partial charge is 0.494 e. The molecular weight excluding hydrogens is 475 g/mol. The van der Waals surface area contributed by atoms with Crippen molar-refractivity contribution in [2.75, 3.05) is 25.4 Å². The van der Waals surface area contributed by atoms with Crippen LogP contribution in [0.25, 0.3) is 0 Å². The number of halogens is 2. The van der Waals surface area contributed by atoms with Crippen LogP contribution < -0.4 is 14.8 Å². The smallest absolute Gasteiger partial charge is 0.322 e. The minimum absolute atomic E-state index is 0. The first kappa shape index (κ1) is 30.9. The molecule has 1 aliphatic heterocycles. The van der Waals surface area contributed by atoms with Crippen LogP contribution in [0.15, 0.2) is 24.3 Å². The second-order valence-electron chi connectivity index (χ2n) is 8.07. The van der Waals surface area contributed by atoms with Gasteiger partial charge in [0.15, 0.2) is 0 Å². The summed E-state index contributed by atoms with van der Waals surface area (Å²) in [5.41, 5.74) is 0.749. The Balaban J connectivity index is 0.00000480. The van der Waals surface area contributed by atoms with Gasteiger partial charge in [-0.2, -0.15) is 0 Å². The lowest BCUT2D eigenvalue weighted by Gasteiger charge is -2.22. The van der Waals surface area contributed by atoms with Gasteiger partial charge in [-0.3, -0.25) is 4.79 Å². The average molecular weight is 514 g/mol. The molecule has 10 heteroatoms. The van der Waals surface area contributed by atoms with E-state index < -0.39 is 22.0 Å². The lowest BCUT2D eigenvalue weighted by atomic mass is 9.93. The van der Waals surface area contributed by atoms with Gasteiger partial charge in [-0.25, -0.2) is 13.1 Å². The van der Waals surface area contributed by atoms with Crippen molar-refractivity contribution in [2.24, 2.45) is 5.92 Å². The van der Waals surface area contributed by atoms with Gasteiger partial charge in [0.1, 0.15) is 11.8 Å². The first-order chi connectivity index (χ1) is 14.4. The average Bonchev–Trinajstić information content (AvgIpc) is 2.73. The fourth-order valence-electron chi connectivity index (χ4n) is 3.64. The Kier molecular flexibility index (Phi) is 16.0. The quantitative estimate of drug-likeness (QED) is 0.327. The van der Waals surface area contributed by atoms with Crippen molar-refractivity contribution < 1.29 is 23.1 Å². The van der Waals surface area contributed by atoms with E-state index in [1.807, 2.05) is 19.1 Å². The molecule has 1 atom stereocenters. The highest BCUT2D eigenvalue weighted by atomic mass is 35.5. The fraction of sp³-hybridized carbons (Fsp3) is 0.682. The van der Waals surface area contributed by atoms with Crippen LogP contribution in [0.1, 0.15) is 57.4 Å². The summed E-state index contributed by atoms with van der Waals surface area (Å²) in [5.74, 6) is 0.352. The third-order valence-electron chi connectivity index (χ3n) is 5.48. The summed E-state index contributed by atoms with van der Waals surface area (Å²) in [6, 6.07) is 6.04. The highest BCUT2D eigenvalue weighted by molar-refractivity contribution is 7.89. The number of carbonyl (C=O) groups is 1. The van der Waals surface area contributed by atoms with Gasteiger partial charge in [0.05, 0.1) is 12.4 Å². The molecule has 0 amide bonds. The predicted octanol–water partition coefficient (Wildman–Crippen LogP) is 3.79. The van der Waals surface area contributed by atoms with Gasteiger partial charge >= 0.3 is 5.97 Å². The zero-order valence-corrected chi connectivity index (χ0v) is 21.2. The molecule has 1 fully saturated rings. The normalized spacial score (nSPS) is 15.3. The molecule has 1 heterocycles. The van der Waals surface area contributed by atoms with Crippen LogP contribution in [-0.2, 0) is 21.2 Å². The zero-order valence-electron chi connectivity index (χ0n) is 18.8. The van der Waals surface area contributed by atoms with Gasteiger partial charge in [-0.15, -0.1) is 24.8 Å². The summed E-state index contributed by atoms with van der Waals surface area (Å²) in [6.45, 7) is 4.83. The molecule has 0 aromatic heterocycles. The number of hydrogen-bond donors (Lipinski definition) is 3. The van der Waals surface area contributed by atoms with Crippen LogP contribution in [0.4, 0.5) is 0 Å². The van der Waals surface area contributed by atoms with E-state index in [0.29, 0.717) is 13.0 Å². The molecule has 1 aliphatic rings. The molecule has 2 rings (SSSR count). The zero-order chi connectivity index (χ0) is 21.8. The van der Waals surface area contributed by atoms with Crippen molar-refractivity contribution in [3.63, 3.8) is 0 Å². The van der Waals surface area contributed by atoms with Crippen molar-refractivity contribution >= 4 is 40.8 Å². The maximum atomic E-state index is 12.0. The van der Waals surface area contributed by atoms with E-state index in [-0.39, 0.29) is 37.0 Å². The highest BCUT2D eigenvalue weighted by Gasteiger charge is 2.24. The highest BCUT2D eigenvalue weighted by Crippen LogP contribution is 2.19. The van der Waals surface area contributed by atoms with E-state index in [1.54, 1.807) is 12.1 Å². The van der Waals surface area contributed by atoms with Gasteiger partial charge in [0.25, 0.3) is 0 Å². The summed E-state index contributed by atoms with van der Waals surface area (Å²) in [4.78, 5) is 11.5. The van der Waals surface area contributed by atoms with Crippen molar-refractivity contribution in [1.82, 2.24) is 10.0 Å². The number of sulfonamides is 1. The van der Waals surface area contributed by atoms with E-state index in [9.17, 15) is 18.3 Å². The van der Waals surface area contributed by atoms with Gasteiger partial charge in [-0.05, 0) is 75.2 Å². The minimum atomic E-state index is -3.60. The molecule has 7 nitrogen and oxygen atoms in total. The summed E-state index contributed by atoms with van der Waals surface area (Å²) >= 11 is 0. The fourth-order valence-corrected chi connectivity index (χ4v) is 5.05. The van der Waals surface area contributed by atoms with E-state index in [4.69, 9.17) is 4.74 Å². The Morgan fingerprint density at radius 1 is 1.16 bits per heavy atom. The van der Waals surface area contributed by atoms with Crippen molar-refractivity contribution in [2.45, 2.75) is 64.3 Å². The lowest BCUT2D eigenvalue weighted by molar-refractivity contribution is -0.138. The van der Waals surface area contributed by atoms with Crippen molar-refractivity contribution in [1.29, 1.82) is 0 Å². The van der Waals surface area contributed by atoms with Crippen LogP contribution >= 0.6 is 24.8 Å². The van der Waals surface area contributed by atoms with E-state index in [0.717, 1.165) is 43.2 Å². The molecule has 0 bridgehead atoms. The number of rotatable bonds is 14. The van der Waals surface area contributed by atoms with E-state index >= 15 is 0 Å². The summed E-state index contributed by atoms with van der Waals surface area (Å²) < 4.78 is 32.1. The molecule has 1 aromatic carbocycles. The monoisotopic (exact) mass is 512 g/mol. The maximum Gasteiger partial charge on any atom is 0.322 e. The molecule has 32 heavy (non-hydrogen) atoms. The summed E-state index contributed by atoms with van der Waals surface area (Å²) in [7, 11) is -3.60. The lowest BCUT2D eigenvalue weighted by Crippen LogP contribution is -2.43. The molecule has 0 radical (unpaired) electrons. The first-order valence-corrected chi connectivity index (χ1v) is 12.7. The third-order valence-corrected chi connectivity index (χ3v) is 6.95. The summed E-state index contributed by atoms with van der Waals surface area (Å²) in [6.07, 6.45) is 7.33. The third kappa shape index (κ3) is 12.3. The molecule has 0 spiro atoms. The molecule has 1 saturated heterocycles. The molecule has 0 aliphatic carbocycles. The Hall–Kier alpha value is -1.06. The van der Waals surface area contributed by atoms with E-state index in [2.05, 4.69) is 10.0 Å². The Morgan fingerprint density at radius 3 is 2.41 bits per heavy atom. The number of unbranched alkanes of at least 4 members (excludes halogenated alkanes) is 2. The molecule has 1 aromatic rings. The number of piperidine rings is 1. The number of ether oxygens (including phenoxy) is 1. The Labute approximate surface area is 205 Å². The van der Waals surface area contributed by atoms with Gasteiger partial charge in [0.2, 0.25) is 10.0 Å². The molecule has 3 N–H and O–H groups in total. The van der Waals surface area contributed by atoms with Crippen LogP contribution in [0.2, 0.25) is 0 Å². The van der Waals surface area contributed by atoms with Gasteiger partial charge in [0, 0.05) is 0 Å². The number of carboxylic acids is 1. The second-order valence-corrected chi connectivity index (χ2v) is 9.94. The predicted molar refractivity (Wildman–Crippen MR) is 133 cm³/mol. The van der Waals surface area contributed by atoms with Crippen LogP contribution in [0.3, 0.4) is 0 Å². The number of nitrogens with one attached hydrogen (secondary N) is 2. The van der Waals surface area contributed by atoms with Crippen LogP contribution in [0, 0.1) is 5.92 Å². The van der Waals surface area contributed by atoms with Crippen molar-refractivity contribution in [3.05, 3.63) is 29.8 Å². The SMILES string of the molecule is CCCCS(=O)(=O)NC(Cc1ccc(OCCCCC2CCNCC2)cc1)C(=O)O.Cl.Cl.